The monoisotopic (exact) mass is 794 g/mol. The summed E-state index contributed by atoms with van der Waals surface area (Å²) >= 11 is 14.4. The summed E-state index contributed by atoms with van der Waals surface area (Å²) in [4.78, 5) is 50.4. The molecule has 6 heterocycles. The third kappa shape index (κ3) is 7.41. The second kappa shape index (κ2) is 15.8. The summed E-state index contributed by atoms with van der Waals surface area (Å²) in [6.07, 6.45) is 10.5. The number of rotatable bonds is 13. The lowest BCUT2D eigenvalue weighted by Gasteiger charge is -2.14. The summed E-state index contributed by atoms with van der Waals surface area (Å²) in [6.45, 7) is 7.39. The number of amides is 2. The molecule has 0 spiro atoms. The summed E-state index contributed by atoms with van der Waals surface area (Å²) in [5, 5.41) is 13.7. The van der Waals surface area contributed by atoms with E-state index in [4.69, 9.17) is 23.2 Å². The Labute approximate surface area is 333 Å². The van der Waals surface area contributed by atoms with Crippen LogP contribution < -0.4 is 32.4 Å². The molecule has 6 aromatic rings. The number of benzene rings is 2. The van der Waals surface area contributed by atoms with Crippen LogP contribution in [0.3, 0.4) is 0 Å². The molecule has 290 valence electrons. The molecule has 2 aliphatic heterocycles. The predicted octanol–water partition coefficient (Wildman–Crippen LogP) is 5.18. The molecule has 56 heavy (non-hydrogen) atoms. The van der Waals surface area contributed by atoms with E-state index in [-0.39, 0.29) is 35.0 Å². The average Bonchev–Trinajstić information content (AvgIpc) is 3.98. The fraction of sp³-hybridized carbons (Fsp3) is 0.333. The van der Waals surface area contributed by atoms with Crippen LogP contribution in [-0.4, -0.2) is 68.0 Å². The van der Waals surface area contributed by atoms with Crippen molar-refractivity contribution in [1.29, 1.82) is 0 Å². The van der Waals surface area contributed by atoms with E-state index in [9.17, 15) is 19.2 Å². The van der Waals surface area contributed by atoms with Crippen molar-refractivity contribution >= 4 is 46.0 Å². The first-order valence-electron chi connectivity index (χ1n) is 19.1. The van der Waals surface area contributed by atoms with Crippen molar-refractivity contribution in [2.45, 2.75) is 64.7 Å². The Morgan fingerprint density at radius 3 is 1.43 bits per heavy atom. The van der Waals surface area contributed by atoms with E-state index in [0.717, 1.165) is 57.6 Å². The van der Waals surface area contributed by atoms with E-state index >= 15 is 0 Å². The second-order valence-corrected chi connectivity index (χ2v) is 15.6. The van der Waals surface area contributed by atoms with Crippen molar-refractivity contribution in [3.8, 4) is 33.4 Å². The number of hydrogen-bond donors (Lipinski definition) is 4. The molecule has 2 fully saturated rings. The third-order valence-electron chi connectivity index (χ3n) is 11.0. The molecule has 0 bridgehead atoms. The topological polar surface area (TPSA) is 135 Å². The first-order chi connectivity index (χ1) is 27.0. The number of hydrogen-bond acceptors (Lipinski definition) is 6. The number of aromatic nitrogens is 4. The molecule has 4 aromatic heterocycles. The molecule has 0 radical (unpaired) electrons. The zero-order chi connectivity index (χ0) is 39.1. The molecule has 2 amide bonds. The lowest BCUT2D eigenvalue weighted by molar-refractivity contribution is -0.120. The van der Waals surface area contributed by atoms with E-state index in [1.165, 1.54) is 0 Å². The van der Waals surface area contributed by atoms with Crippen molar-refractivity contribution < 1.29 is 9.59 Å². The Morgan fingerprint density at radius 1 is 0.625 bits per heavy atom. The van der Waals surface area contributed by atoms with Gasteiger partial charge in [0.05, 0.1) is 10.0 Å². The van der Waals surface area contributed by atoms with Crippen molar-refractivity contribution in [3.05, 3.63) is 115 Å². The lowest BCUT2D eigenvalue weighted by Crippen LogP contribution is -2.38. The van der Waals surface area contributed by atoms with Gasteiger partial charge in [-0.2, -0.15) is 0 Å². The van der Waals surface area contributed by atoms with Crippen LogP contribution in [0.4, 0.5) is 0 Å². The minimum Gasteiger partial charge on any atom is -0.352 e. The Bertz CT molecular complexity index is 2440. The van der Waals surface area contributed by atoms with E-state index < -0.39 is 0 Å². The van der Waals surface area contributed by atoms with Crippen molar-refractivity contribution in [1.82, 2.24) is 39.2 Å². The number of fused-ring (bicyclic) bond motifs is 2. The number of carbonyl (C=O) groups is 2. The van der Waals surface area contributed by atoms with Gasteiger partial charge in [0.15, 0.2) is 0 Å². The summed E-state index contributed by atoms with van der Waals surface area (Å²) in [6, 6.07) is 15.6. The molecular weight excluding hydrogens is 751 g/mol. The predicted molar refractivity (Wildman–Crippen MR) is 221 cm³/mol. The lowest BCUT2D eigenvalue weighted by atomic mass is 9.97. The molecule has 8 rings (SSSR count). The smallest absolute Gasteiger partial charge is 0.275 e. The SMILES string of the molecule is Cc1cn2cc(-c3cccc(-c4cccc(-c5cc6c(=O)n(CCNC[C@@H]7CCC(=O)N7)c(C)cn6c5)c4Cl)c3Cl)cc2c(=O)n1CCNC[C@@H]1CCC(=O)N1. The Kier molecular flexibility index (Phi) is 10.6. The van der Waals surface area contributed by atoms with Gasteiger partial charge in [-0.15, -0.1) is 0 Å². The minimum absolute atomic E-state index is 0.0877. The highest BCUT2D eigenvalue weighted by molar-refractivity contribution is 6.39. The van der Waals surface area contributed by atoms with Crippen molar-refractivity contribution in [2.75, 3.05) is 26.2 Å². The van der Waals surface area contributed by atoms with Crippen LogP contribution >= 0.6 is 23.2 Å². The van der Waals surface area contributed by atoms with E-state index in [0.29, 0.717) is 73.2 Å². The van der Waals surface area contributed by atoms with Gasteiger partial charge >= 0.3 is 0 Å². The molecule has 2 atom stereocenters. The summed E-state index contributed by atoms with van der Waals surface area (Å²) in [7, 11) is 0. The molecule has 2 aromatic carbocycles. The maximum Gasteiger partial charge on any atom is 0.275 e. The van der Waals surface area contributed by atoms with Gasteiger partial charge in [-0.05, 0) is 38.8 Å². The Morgan fingerprint density at radius 2 is 1.04 bits per heavy atom. The normalized spacial score (nSPS) is 17.0. The van der Waals surface area contributed by atoms with E-state index in [1.54, 1.807) is 9.13 Å². The van der Waals surface area contributed by atoms with Crippen LogP contribution in [-0.2, 0) is 22.7 Å². The van der Waals surface area contributed by atoms with Gasteiger partial charge in [0.1, 0.15) is 11.0 Å². The van der Waals surface area contributed by atoms with Gasteiger partial charge in [-0.25, -0.2) is 0 Å². The summed E-state index contributed by atoms with van der Waals surface area (Å²) < 4.78 is 7.23. The second-order valence-electron chi connectivity index (χ2n) is 14.8. The highest BCUT2D eigenvalue weighted by Crippen LogP contribution is 2.42. The van der Waals surface area contributed by atoms with Crippen molar-refractivity contribution in [3.63, 3.8) is 0 Å². The fourth-order valence-electron chi connectivity index (χ4n) is 8.03. The molecule has 0 unspecified atom stereocenters. The van der Waals surface area contributed by atoms with E-state index in [1.807, 2.05) is 96.0 Å². The van der Waals surface area contributed by atoms with Gasteiger partial charge in [-0.1, -0.05) is 59.6 Å². The van der Waals surface area contributed by atoms with Crippen LogP contribution in [0.5, 0.6) is 0 Å². The summed E-state index contributed by atoms with van der Waals surface area (Å²) in [5.74, 6) is 0.175. The molecule has 0 saturated carbocycles. The standard InChI is InChI=1S/C42H44Cl2N8O4/c1-25-21-49-23-27(17-35(49)41(55)51(25)15-13-45-19-29-9-11-37(53)47-29)31-5-3-7-33(39(31)43)34-8-4-6-32(40(34)44)28-18-36-42(56)52(26(2)22-50(36)24-28)16-14-46-20-30-10-12-38(54)48-30/h3-8,17-18,21-24,29-30,45-46H,9-16,19-20H2,1-2H3,(H,47,53)(H,48,54)/t29-,30-/m0/s1. The van der Waals surface area contributed by atoms with Gasteiger partial charge in [-0.3, -0.25) is 19.2 Å². The number of nitrogens with zero attached hydrogens (tertiary/aromatic N) is 4. The highest BCUT2D eigenvalue weighted by atomic mass is 35.5. The number of nitrogens with one attached hydrogen (secondary N) is 4. The van der Waals surface area contributed by atoms with Gasteiger partial charge < -0.3 is 39.2 Å². The van der Waals surface area contributed by atoms with Crippen LogP contribution in [0.2, 0.25) is 10.0 Å². The zero-order valence-corrected chi connectivity index (χ0v) is 32.8. The molecule has 4 N–H and O–H groups in total. The largest absolute Gasteiger partial charge is 0.352 e. The van der Waals surface area contributed by atoms with Crippen LogP contribution in [0, 0.1) is 13.8 Å². The highest BCUT2D eigenvalue weighted by Gasteiger charge is 2.22. The molecule has 0 aliphatic carbocycles. The summed E-state index contributed by atoms with van der Waals surface area (Å²) in [5.41, 5.74) is 7.21. The maximum atomic E-state index is 13.7. The van der Waals surface area contributed by atoms with Crippen molar-refractivity contribution in [2.24, 2.45) is 0 Å². The van der Waals surface area contributed by atoms with Gasteiger partial charge in [0, 0.05) is 134 Å². The Hall–Kier alpha value is -5.14. The first-order valence-corrected chi connectivity index (χ1v) is 19.8. The van der Waals surface area contributed by atoms with Crippen LogP contribution in [0.25, 0.3) is 44.4 Å². The average molecular weight is 796 g/mol. The third-order valence-corrected chi connectivity index (χ3v) is 11.8. The zero-order valence-electron chi connectivity index (χ0n) is 31.3. The van der Waals surface area contributed by atoms with Gasteiger partial charge in [0.25, 0.3) is 11.1 Å². The maximum absolute atomic E-state index is 13.7. The quantitative estimate of drug-likeness (QED) is 0.119. The number of aryl methyl sites for hydroxylation is 2. The fourth-order valence-corrected chi connectivity index (χ4v) is 8.70. The number of carbonyl (C=O) groups excluding carboxylic acids is 2. The van der Waals surface area contributed by atoms with Crippen LogP contribution in [0.15, 0.2) is 82.9 Å². The van der Waals surface area contributed by atoms with Crippen LogP contribution in [0.1, 0.15) is 37.1 Å². The first kappa shape index (κ1) is 37.8. The minimum atomic E-state index is -0.0931. The molecule has 2 aliphatic rings. The Balaban J connectivity index is 1.03. The molecule has 14 heteroatoms. The van der Waals surface area contributed by atoms with Gasteiger partial charge in [0.2, 0.25) is 11.8 Å². The molecule has 2 saturated heterocycles. The van der Waals surface area contributed by atoms with E-state index in [2.05, 4.69) is 21.3 Å². The molecular formula is C42H44Cl2N8O4. The number of halogens is 2. The molecule has 12 nitrogen and oxygen atoms in total.